The van der Waals surface area contributed by atoms with Crippen LogP contribution in [0.5, 0.6) is 5.75 Å². The average Bonchev–Trinajstić information content (AvgIpc) is 2.70. The number of methoxy groups -OCH3 is 1. The van der Waals surface area contributed by atoms with Crippen LogP contribution < -0.4 is 4.74 Å². The van der Waals surface area contributed by atoms with Gasteiger partial charge in [0.1, 0.15) is 10.8 Å². The molecule has 0 saturated carbocycles. The summed E-state index contributed by atoms with van der Waals surface area (Å²) in [5, 5.41) is 0.964. The Bertz CT molecular complexity index is 496. The quantitative estimate of drug-likeness (QED) is 0.775. The Kier molecular flexibility index (Phi) is 3.46. The number of thiazole rings is 1. The molecule has 0 aliphatic heterocycles. The minimum Gasteiger partial charge on any atom is -0.496 e. The number of rotatable bonds is 3. The summed E-state index contributed by atoms with van der Waals surface area (Å²) in [6, 6.07) is 7.88. The van der Waals surface area contributed by atoms with Crippen LogP contribution in [0.2, 0.25) is 0 Å². The van der Waals surface area contributed by atoms with Crippen LogP contribution in [-0.4, -0.2) is 12.1 Å². The number of hydrogen-bond acceptors (Lipinski definition) is 3. The number of aryl methyl sites for hydroxylation is 1. The molecule has 4 heteroatoms. The zero-order chi connectivity index (χ0) is 11.5. The highest BCUT2D eigenvalue weighted by Gasteiger charge is 2.11. The van der Waals surface area contributed by atoms with Crippen LogP contribution >= 0.6 is 22.9 Å². The number of para-hydroxylation sites is 1. The minimum absolute atomic E-state index is 0.513. The molecule has 1 heterocycles. The highest BCUT2D eigenvalue weighted by molar-refractivity contribution is 7.15. The van der Waals surface area contributed by atoms with Gasteiger partial charge >= 0.3 is 0 Å². The lowest BCUT2D eigenvalue weighted by molar-refractivity contribution is 0.416. The van der Waals surface area contributed by atoms with Gasteiger partial charge in [-0.15, -0.1) is 22.9 Å². The lowest BCUT2D eigenvalue weighted by atomic mass is 10.2. The normalized spacial score (nSPS) is 10.4. The van der Waals surface area contributed by atoms with Gasteiger partial charge in [0.15, 0.2) is 0 Å². The van der Waals surface area contributed by atoms with E-state index in [1.165, 1.54) is 0 Å². The molecule has 0 saturated heterocycles. The van der Waals surface area contributed by atoms with Gasteiger partial charge < -0.3 is 4.74 Å². The highest BCUT2D eigenvalue weighted by atomic mass is 35.5. The summed E-state index contributed by atoms with van der Waals surface area (Å²) in [6.45, 7) is 1.98. The van der Waals surface area contributed by atoms with E-state index in [1.54, 1.807) is 18.4 Å². The summed E-state index contributed by atoms with van der Waals surface area (Å²) in [5.41, 5.74) is 2.02. The topological polar surface area (TPSA) is 22.1 Å². The maximum Gasteiger partial charge on any atom is 0.129 e. The summed E-state index contributed by atoms with van der Waals surface area (Å²) >= 11 is 7.46. The van der Waals surface area contributed by atoms with Gasteiger partial charge in [0.25, 0.3) is 0 Å². The fourth-order valence-corrected chi connectivity index (χ4v) is 2.79. The average molecular weight is 254 g/mol. The second-order valence-electron chi connectivity index (χ2n) is 3.36. The lowest BCUT2D eigenvalue weighted by Gasteiger charge is -2.04. The van der Waals surface area contributed by atoms with Gasteiger partial charge in [0.05, 0.1) is 24.2 Å². The van der Waals surface area contributed by atoms with Crippen LogP contribution in [0.1, 0.15) is 10.6 Å². The van der Waals surface area contributed by atoms with E-state index in [2.05, 4.69) is 4.98 Å². The Hall–Kier alpha value is -1.06. The molecule has 0 N–H and O–H groups in total. The summed E-state index contributed by atoms with van der Waals surface area (Å²) < 4.78 is 5.32. The minimum atomic E-state index is 0.513. The van der Waals surface area contributed by atoms with E-state index >= 15 is 0 Å². The van der Waals surface area contributed by atoms with Crippen LogP contribution in [0, 0.1) is 6.92 Å². The first kappa shape index (κ1) is 11.4. The molecule has 0 fully saturated rings. The Morgan fingerprint density at radius 1 is 1.38 bits per heavy atom. The molecule has 1 aromatic carbocycles. The molecule has 2 rings (SSSR count). The fourth-order valence-electron chi connectivity index (χ4n) is 1.49. The highest BCUT2D eigenvalue weighted by Crippen LogP contribution is 2.34. The van der Waals surface area contributed by atoms with Gasteiger partial charge in [0, 0.05) is 4.88 Å². The van der Waals surface area contributed by atoms with E-state index in [0.717, 1.165) is 26.9 Å². The second kappa shape index (κ2) is 4.85. The molecule has 0 bridgehead atoms. The van der Waals surface area contributed by atoms with Gasteiger partial charge in [-0.1, -0.05) is 12.1 Å². The van der Waals surface area contributed by atoms with E-state index in [-0.39, 0.29) is 0 Å². The van der Waals surface area contributed by atoms with Crippen LogP contribution in [0.4, 0.5) is 0 Å². The van der Waals surface area contributed by atoms with Crippen molar-refractivity contribution < 1.29 is 4.74 Å². The summed E-state index contributed by atoms with van der Waals surface area (Å²) in [6.07, 6.45) is 0. The first-order valence-electron chi connectivity index (χ1n) is 4.92. The molecular formula is C12H12ClNOS. The number of nitrogens with zero attached hydrogens (tertiary/aromatic N) is 1. The first-order valence-corrected chi connectivity index (χ1v) is 6.27. The van der Waals surface area contributed by atoms with Crippen molar-refractivity contribution in [1.82, 2.24) is 4.98 Å². The number of hydrogen-bond donors (Lipinski definition) is 0. The molecule has 1 aromatic heterocycles. The van der Waals surface area contributed by atoms with Crippen molar-refractivity contribution in [2.45, 2.75) is 12.8 Å². The molecule has 0 radical (unpaired) electrons. The lowest BCUT2D eigenvalue weighted by Crippen LogP contribution is -1.86. The number of ether oxygens (including phenoxy) is 1. The van der Waals surface area contributed by atoms with Crippen molar-refractivity contribution in [3.05, 3.63) is 34.8 Å². The molecule has 0 unspecified atom stereocenters. The second-order valence-corrected chi connectivity index (χ2v) is 4.71. The SMILES string of the molecule is COc1ccccc1-c1nc(C)c(CCl)s1. The molecule has 0 aliphatic carbocycles. The molecule has 0 aliphatic rings. The largest absolute Gasteiger partial charge is 0.496 e. The summed E-state index contributed by atoms with van der Waals surface area (Å²) in [5.74, 6) is 1.36. The molecule has 2 aromatic rings. The predicted octanol–water partition coefficient (Wildman–Crippen LogP) is 3.87. The third-order valence-corrected chi connectivity index (χ3v) is 3.97. The molecule has 84 valence electrons. The summed E-state index contributed by atoms with van der Waals surface area (Å²) in [7, 11) is 1.67. The van der Waals surface area contributed by atoms with E-state index < -0.39 is 0 Å². The molecule has 0 spiro atoms. The van der Waals surface area contributed by atoms with Crippen LogP contribution in [0.25, 0.3) is 10.6 Å². The Morgan fingerprint density at radius 3 is 2.75 bits per heavy atom. The molecular weight excluding hydrogens is 242 g/mol. The van der Waals surface area contributed by atoms with Crippen molar-refractivity contribution in [3.8, 4) is 16.3 Å². The predicted molar refractivity (Wildman–Crippen MR) is 68.4 cm³/mol. The first-order chi connectivity index (χ1) is 7.76. The molecule has 0 amide bonds. The van der Waals surface area contributed by atoms with Gasteiger partial charge in [-0.2, -0.15) is 0 Å². The maximum absolute atomic E-state index is 5.85. The number of alkyl halides is 1. The van der Waals surface area contributed by atoms with E-state index in [0.29, 0.717) is 5.88 Å². The summed E-state index contributed by atoms with van der Waals surface area (Å²) in [4.78, 5) is 5.63. The van der Waals surface area contributed by atoms with Crippen molar-refractivity contribution >= 4 is 22.9 Å². The van der Waals surface area contributed by atoms with Crippen molar-refractivity contribution in [2.24, 2.45) is 0 Å². The standard InChI is InChI=1S/C12H12ClNOS/c1-8-11(7-13)16-12(14-8)9-5-3-4-6-10(9)15-2/h3-6H,7H2,1-2H3. The zero-order valence-electron chi connectivity index (χ0n) is 9.16. The van der Waals surface area contributed by atoms with E-state index in [4.69, 9.17) is 16.3 Å². The molecule has 2 nitrogen and oxygen atoms in total. The van der Waals surface area contributed by atoms with Crippen LogP contribution in [0.3, 0.4) is 0 Å². The van der Waals surface area contributed by atoms with E-state index in [1.807, 2.05) is 31.2 Å². The molecule has 0 atom stereocenters. The van der Waals surface area contributed by atoms with Crippen LogP contribution in [0.15, 0.2) is 24.3 Å². The smallest absolute Gasteiger partial charge is 0.129 e. The van der Waals surface area contributed by atoms with Crippen molar-refractivity contribution in [3.63, 3.8) is 0 Å². The van der Waals surface area contributed by atoms with E-state index in [9.17, 15) is 0 Å². The number of halogens is 1. The Balaban J connectivity index is 2.49. The third-order valence-electron chi connectivity index (χ3n) is 2.35. The van der Waals surface area contributed by atoms with Crippen LogP contribution in [-0.2, 0) is 5.88 Å². The maximum atomic E-state index is 5.85. The zero-order valence-corrected chi connectivity index (χ0v) is 10.7. The van der Waals surface area contributed by atoms with Crippen molar-refractivity contribution in [1.29, 1.82) is 0 Å². The number of benzene rings is 1. The van der Waals surface area contributed by atoms with Gasteiger partial charge in [-0.25, -0.2) is 4.98 Å². The Morgan fingerprint density at radius 2 is 2.12 bits per heavy atom. The van der Waals surface area contributed by atoms with Crippen molar-refractivity contribution in [2.75, 3.05) is 7.11 Å². The van der Waals surface area contributed by atoms with Gasteiger partial charge in [-0.3, -0.25) is 0 Å². The third kappa shape index (κ3) is 2.06. The number of aromatic nitrogens is 1. The molecule has 16 heavy (non-hydrogen) atoms. The van der Waals surface area contributed by atoms with Gasteiger partial charge in [-0.05, 0) is 19.1 Å². The van der Waals surface area contributed by atoms with Gasteiger partial charge in [0.2, 0.25) is 0 Å². The monoisotopic (exact) mass is 253 g/mol. The Labute approximate surface area is 104 Å². The fraction of sp³-hybridized carbons (Fsp3) is 0.250.